The van der Waals surface area contributed by atoms with E-state index < -0.39 is 18.1 Å². The molecule has 0 saturated heterocycles. The summed E-state index contributed by atoms with van der Waals surface area (Å²) >= 11 is 0. The number of aromatic nitrogens is 2. The molecule has 2 rings (SSSR count). The van der Waals surface area contributed by atoms with Gasteiger partial charge in [-0.1, -0.05) is 12.1 Å². The van der Waals surface area contributed by atoms with Crippen LogP contribution in [0.25, 0.3) is 11.0 Å². The second-order valence-corrected chi connectivity index (χ2v) is 3.46. The largest absolute Gasteiger partial charge is 0.421 e. The summed E-state index contributed by atoms with van der Waals surface area (Å²) in [5.74, 6) is -0.395. The second-order valence-electron chi connectivity index (χ2n) is 3.46. The first-order valence-electron chi connectivity index (χ1n) is 4.57. The number of aliphatic hydroxyl groups is 1. The number of hydrogen-bond donors (Lipinski definition) is 1. The molecule has 0 aliphatic heterocycles. The van der Waals surface area contributed by atoms with Crippen molar-refractivity contribution in [3.63, 3.8) is 0 Å². The SMILES string of the molecule is Cn1c(C(O)C(F)(F)F)nc2ccccc21. The Morgan fingerprint density at radius 1 is 1.31 bits per heavy atom. The molecule has 1 heterocycles. The maximum absolute atomic E-state index is 12.3. The first kappa shape index (κ1) is 10.9. The predicted molar refractivity (Wildman–Crippen MR) is 51.7 cm³/mol. The first-order valence-corrected chi connectivity index (χ1v) is 4.57. The standard InChI is InChI=1S/C10H9F3N2O/c1-15-7-5-3-2-4-6(7)14-9(15)8(16)10(11,12)13/h2-5,8,16H,1H3. The third-order valence-corrected chi connectivity index (χ3v) is 2.38. The average Bonchev–Trinajstić information content (AvgIpc) is 2.54. The molecule has 1 N–H and O–H groups in total. The minimum atomic E-state index is -4.70. The lowest BCUT2D eigenvalue weighted by molar-refractivity contribution is -0.209. The number of halogens is 3. The highest BCUT2D eigenvalue weighted by Crippen LogP contribution is 2.32. The van der Waals surface area contributed by atoms with Crippen LogP contribution in [0.4, 0.5) is 13.2 Å². The van der Waals surface area contributed by atoms with Crippen LogP contribution in [0.5, 0.6) is 0 Å². The van der Waals surface area contributed by atoms with Gasteiger partial charge in [-0.3, -0.25) is 0 Å². The van der Waals surface area contributed by atoms with E-state index in [1.807, 2.05) is 0 Å². The first-order chi connectivity index (χ1) is 7.41. The van der Waals surface area contributed by atoms with Crippen molar-refractivity contribution in [1.82, 2.24) is 9.55 Å². The number of fused-ring (bicyclic) bond motifs is 1. The fourth-order valence-corrected chi connectivity index (χ4v) is 1.56. The zero-order valence-corrected chi connectivity index (χ0v) is 8.36. The Morgan fingerprint density at radius 2 is 1.94 bits per heavy atom. The summed E-state index contributed by atoms with van der Waals surface area (Å²) in [5, 5.41) is 9.13. The van der Waals surface area contributed by atoms with Crippen molar-refractivity contribution in [3.05, 3.63) is 30.1 Å². The monoisotopic (exact) mass is 230 g/mol. The molecule has 0 bridgehead atoms. The van der Waals surface area contributed by atoms with Crippen LogP contribution in [-0.2, 0) is 7.05 Å². The van der Waals surface area contributed by atoms with Crippen molar-refractivity contribution >= 4 is 11.0 Å². The summed E-state index contributed by atoms with van der Waals surface area (Å²) in [6.07, 6.45) is -7.25. The molecule has 0 radical (unpaired) electrons. The Labute approximate surface area is 89.1 Å². The van der Waals surface area contributed by atoms with Crippen molar-refractivity contribution in [3.8, 4) is 0 Å². The van der Waals surface area contributed by atoms with E-state index in [1.165, 1.54) is 11.6 Å². The number of para-hydroxylation sites is 2. The minimum absolute atomic E-state index is 0.395. The van der Waals surface area contributed by atoms with E-state index in [0.717, 1.165) is 0 Å². The highest BCUT2D eigenvalue weighted by molar-refractivity contribution is 5.75. The summed E-state index contributed by atoms with van der Waals surface area (Å²) in [6.45, 7) is 0. The molecule has 1 aromatic heterocycles. The van der Waals surface area contributed by atoms with Crippen molar-refractivity contribution in [1.29, 1.82) is 0 Å². The quantitative estimate of drug-likeness (QED) is 0.815. The summed E-state index contributed by atoms with van der Waals surface area (Å²) < 4.78 is 38.3. The minimum Gasteiger partial charge on any atom is -0.377 e. The predicted octanol–water partition coefficient (Wildman–Crippen LogP) is 2.17. The Morgan fingerprint density at radius 3 is 2.50 bits per heavy atom. The lowest BCUT2D eigenvalue weighted by atomic mass is 10.3. The molecule has 0 aliphatic carbocycles. The molecule has 0 fully saturated rings. The molecular weight excluding hydrogens is 221 g/mol. The van der Waals surface area contributed by atoms with E-state index in [9.17, 15) is 13.2 Å². The van der Waals surface area contributed by atoms with Gasteiger partial charge >= 0.3 is 6.18 Å². The van der Waals surface area contributed by atoms with Crippen molar-refractivity contribution in [2.24, 2.45) is 7.05 Å². The van der Waals surface area contributed by atoms with Crippen molar-refractivity contribution in [2.45, 2.75) is 12.3 Å². The number of alkyl halides is 3. The van der Waals surface area contributed by atoms with Crippen LogP contribution in [0.2, 0.25) is 0 Å². The summed E-state index contributed by atoms with van der Waals surface area (Å²) in [6, 6.07) is 6.63. The van der Waals surface area contributed by atoms with E-state index in [0.29, 0.717) is 11.0 Å². The smallest absolute Gasteiger partial charge is 0.377 e. The van der Waals surface area contributed by atoms with Gasteiger partial charge in [-0.05, 0) is 12.1 Å². The number of rotatable bonds is 1. The molecule has 2 aromatic rings. The Balaban J connectivity index is 2.58. The van der Waals surface area contributed by atoms with E-state index in [-0.39, 0.29) is 0 Å². The number of imidazole rings is 1. The fraction of sp³-hybridized carbons (Fsp3) is 0.300. The third kappa shape index (κ3) is 1.65. The van der Waals surface area contributed by atoms with E-state index in [4.69, 9.17) is 5.11 Å². The van der Waals surface area contributed by atoms with Gasteiger partial charge in [-0.2, -0.15) is 13.2 Å². The van der Waals surface area contributed by atoms with Gasteiger partial charge in [0.15, 0.2) is 0 Å². The van der Waals surface area contributed by atoms with Gasteiger partial charge in [-0.25, -0.2) is 4.98 Å². The van der Waals surface area contributed by atoms with Gasteiger partial charge in [-0.15, -0.1) is 0 Å². The molecule has 1 unspecified atom stereocenters. The topological polar surface area (TPSA) is 38.0 Å². The maximum Gasteiger partial charge on any atom is 0.421 e. The second kappa shape index (κ2) is 3.48. The number of aliphatic hydroxyl groups excluding tert-OH is 1. The summed E-state index contributed by atoms with van der Waals surface area (Å²) in [5.41, 5.74) is 0.990. The van der Waals surface area contributed by atoms with Crippen LogP contribution in [0.3, 0.4) is 0 Å². The van der Waals surface area contributed by atoms with Gasteiger partial charge in [0.1, 0.15) is 5.82 Å². The average molecular weight is 230 g/mol. The number of nitrogens with zero attached hydrogens (tertiary/aromatic N) is 2. The van der Waals surface area contributed by atoms with Gasteiger partial charge < -0.3 is 9.67 Å². The van der Waals surface area contributed by atoms with Crippen LogP contribution >= 0.6 is 0 Å². The van der Waals surface area contributed by atoms with Gasteiger partial charge in [0.25, 0.3) is 0 Å². The maximum atomic E-state index is 12.3. The molecule has 0 amide bonds. The van der Waals surface area contributed by atoms with Gasteiger partial charge in [0.05, 0.1) is 11.0 Å². The zero-order valence-electron chi connectivity index (χ0n) is 8.36. The molecule has 3 nitrogen and oxygen atoms in total. The Bertz CT molecular complexity index is 518. The molecule has 0 saturated carbocycles. The van der Waals surface area contributed by atoms with E-state index in [2.05, 4.69) is 4.98 Å². The molecule has 6 heteroatoms. The Kier molecular flexibility index (Phi) is 2.38. The highest BCUT2D eigenvalue weighted by atomic mass is 19.4. The Hall–Kier alpha value is -1.56. The molecule has 0 aliphatic rings. The van der Waals surface area contributed by atoms with Crippen LogP contribution in [-0.4, -0.2) is 20.8 Å². The van der Waals surface area contributed by atoms with Crippen LogP contribution in [0.15, 0.2) is 24.3 Å². The molecule has 1 aromatic carbocycles. The molecule has 16 heavy (non-hydrogen) atoms. The normalized spacial score (nSPS) is 14.3. The fourth-order valence-electron chi connectivity index (χ4n) is 1.56. The number of aryl methyl sites for hydroxylation is 1. The van der Waals surface area contributed by atoms with E-state index in [1.54, 1.807) is 24.3 Å². The summed E-state index contributed by atoms with van der Waals surface area (Å²) in [4.78, 5) is 3.77. The lowest BCUT2D eigenvalue weighted by Crippen LogP contribution is -2.23. The van der Waals surface area contributed by atoms with Gasteiger partial charge in [0, 0.05) is 7.05 Å². The number of benzene rings is 1. The molecule has 86 valence electrons. The molecule has 0 spiro atoms. The van der Waals surface area contributed by atoms with Gasteiger partial charge in [0.2, 0.25) is 6.10 Å². The van der Waals surface area contributed by atoms with Crippen LogP contribution < -0.4 is 0 Å². The third-order valence-electron chi connectivity index (χ3n) is 2.38. The number of hydrogen-bond acceptors (Lipinski definition) is 2. The summed E-state index contributed by atoms with van der Waals surface area (Å²) in [7, 11) is 1.44. The van der Waals surface area contributed by atoms with Crippen molar-refractivity contribution < 1.29 is 18.3 Å². The molecular formula is C10H9F3N2O. The van der Waals surface area contributed by atoms with Crippen molar-refractivity contribution in [2.75, 3.05) is 0 Å². The highest BCUT2D eigenvalue weighted by Gasteiger charge is 2.42. The van der Waals surface area contributed by atoms with Crippen LogP contribution in [0.1, 0.15) is 11.9 Å². The van der Waals surface area contributed by atoms with Crippen LogP contribution in [0, 0.1) is 0 Å². The van der Waals surface area contributed by atoms with E-state index >= 15 is 0 Å². The lowest BCUT2D eigenvalue weighted by Gasteiger charge is -2.13. The zero-order chi connectivity index (χ0) is 11.9. The molecule has 1 atom stereocenters.